The second-order valence-electron chi connectivity index (χ2n) is 5.74. The first-order valence-electron chi connectivity index (χ1n) is 6.99. The van der Waals surface area contributed by atoms with Crippen molar-refractivity contribution in [2.24, 2.45) is 0 Å². The molecule has 21 heavy (non-hydrogen) atoms. The number of nitrogens with zero attached hydrogens (tertiary/aromatic N) is 1. The highest BCUT2D eigenvalue weighted by Crippen LogP contribution is 2.27. The SMILES string of the molecule is Cc1cc(S(=O)(=O)NCC(C)N(C)C2CC2)cc(N)c1F. The van der Waals surface area contributed by atoms with E-state index in [-0.39, 0.29) is 22.2 Å². The van der Waals surface area contributed by atoms with E-state index in [2.05, 4.69) is 9.62 Å². The molecule has 1 unspecified atom stereocenters. The Balaban J connectivity index is 2.07. The summed E-state index contributed by atoms with van der Waals surface area (Å²) in [5, 5.41) is 0. The molecule has 5 nitrogen and oxygen atoms in total. The first-order valence-corrected chi connectivity index (χ1v) is 8.48. The summed E-state index contributed by atoms with van der Waals surface area (Å²) < 4.78 is 40.5. The lowest BCUT2D eigenvalue weighted by molar-refractivity contribution is 0.248. The van der Waals surface area contributed by atoms with Crippen molar-refractivity contribution < 1.29 is 12.8 Å². The smallest absolute Gasteiger partial charge is 0.240 e. The zero-order valence-corrected chi connectivity index (χ0v) is 13.4. The lowest BCUT2D eigenvalue weighted by atomic mass is 10.2. The molecule has 1 fully saturated rings. The van der Waals surface area contributed by atoms with Gasteiger partial charge in [-0.3, -0.25) is 4.90 Å². The third-order valence-electron chi connectivity index (χ3n) is 3.95. The summed E-state index contributed by atoms with van der Waals surface area (Å²) in [4.78, 5) is 2.17. The average Bonchev–Trinajstić information content (AvgIpc) is 3.25. The van der Waals surface area contributed by atoms with Gasteiger partial charge in [-0.25, -0.2) is 17.5 Å². The number of halogens is 1. The van der Waals surface area contributed by atoms with Crippen LogP contribution in [0.2, 0.25) is 0 Å². The van der Waals surface area contributed by atoms with Gasteiger partial charge in [0.25, 0.3) is 0 Å². The van der Waals surface area contributed by atoms with Crippen LogP contribution >= 0.6 is 0 Å². The number of hydrogen-bond acceptors (Lipinski definition) is 4. The fourth-order valence-electron chi connectivity index (χ4n) is 2.22. The zero-order chi connectivity index (χ0) is 15.8. The molecule has 2 rings (SSSR count). The zero-order valence-electron chi connectivity index (χ0n) is 12.6. The quantitative estimate of drug-likeness (QED) is 0.780. The van der Waals surface area contributed by atoms with E-state index in [4.69, 9.17) is 5.73 Å². The lowest BCUT2D eigenvalue weighted by Crippen LogP contribution is -2.41. The summed E-state index contributed by atoms with van der Waals surface area (Å²) in [5.41, 5.74) is 5.56. The fraction of sp³-hybridized carbons (Fsp3) is 0.571. The maximum Gasteiger partial charge on any atom is 0.240 e. The number of nitrogen functional groups attached to an aromatic ring is 1. The standard InChI is InChI=1S/C14H22FN3O2S/c1-9-6-12(7-13(16)14(9)15)21(19,20)17-8-10(2)18(3)11-4-5-11/h6-7,10-11,17H,4-5,8,16H2,1-3H3. The van der Waals surface area contributed by atoms with Crippen LogP contribution < -0.4 is 10.5 Å². The van der Waals surface area contributed by atoms with Gasteiger partial charge in [0.1, 0.15) is 5.82 Å². The molecular weight excluding hydrogens is 293 g/mol. The molecule has 3 N–H and O–H groups in total. The van der Waals surface area contributed by atoms with E-state index in [9.17, 15) is 12.8 Å². The number of rotatable bonds is 6. The highest BCUT2D eigenvalue weighted by Gasteiger charge is 2.29. The molecule has 7 heteroatoms. The maximum absolute atomic E-state index is 13.5. The molecule has 118 valence electrons. The summed E-state index contributed by atoms with van der Waals surface area (Å²) >= 11 is 0. The molecule has 1 aliphatic carbocycles. The van der Waals surface area contributed by atoms with E-state index < -0.39 is 15.8 Å². The number of benzene rings is 1. The normalized spacial score (nSPS) is 17.2. The van der Waals surface area contributed by atoms with Crippen LogP contribution in [-0.4, -0.2) is 39.0 Å². The maximum atomic E-state index is 13.5. The summed E-state index contributed by atoms with van der Waals surface area (Å²) in [6, 6.07) is 3.11. The van der Waals surface area contributed by atoms with E-state index in [0.717, 1.165) is 6.07 Å². The third kappa shape index (κ3) is 3.72. The molecule has 1 aliphatic rings. The van der Waals surface area contributed by atoms with Gasteiger partial charge in [-0.1, -0.05) is 0 Å². The van der Waals surface area contributed by atoms with Crippen LogP contribution in [0.25, 0.3) is 0 Å². The summed E-state index contributed by atoms with van der Waals surface area (Å²) in [6.45, 7) is 3.78. The third-order valence-corrected chi connectivity index (χ3v) is 5.36. The molecule has 1 aromatic rings. The highest BCUT2D eigenvalue weighted by atomic mass is 32.2. The Morgan fingerprint density at radius 3 is 2.62 bits per heavy atom. The molecule has 1 atom stereocenters. The van der Waals surface area contributed by atoms with Crippen molar-refractivity contribution in [3.05, 3.63) is 23.5 Å². The van der Waals surface area contributed by atoms with E-state index >= 15 is 0 Å². The molecule has 0 radical (unpaired) electrons. The minimum absolute atomic E-state index is 0.000162. The van der Waals surface area contributed by atoms with Crippen molar-refractivity contribution in [3.8, 4) is 0 Å². The predicted molar refractivity (Wildman–Crippen MR) is 81.0 cm³/mol. The second-order valence-corrected chi connectivity index (χ2v) is 7.51. The predicted octanol–water partition coefficient (Wildman–Crippen LogP) is 1.48. The van der Waals surface area contributed by atoms with Crippen LogP contribution in [-0.2, 0) is 10.0 Å². The van der Waals surface area contributed by atoms with Crippen LogP contribution in [0.1, 0.15) is 25.3 Å². The minimum Gasteiger partial charge on any atom is -0.396 e. The van der Waals surface area contributed by atoms with E-state index in [1.165, 1.54) is 25.8 Å². The van der Waals surface area contributed by atoms with Gasteiger partial charge >= 0.3 is 0 Å². The molecule has 0 spiro atoms. The van der Waals surface area contributed by atoms with Crippen molar-refractivity contribution in [2.75, 3.05) is 19.3 Å². The van der Waals surface area contributed by atoms with Gasteiger partial charge in [-0.15, -0.1) is 0 Å². The van der Waals surface area contributed by atoms with Crippen molar-refractivity contribution in [1.29, 1.82) is 0 Å². The van der Waals surface area contributed by atoms with Crippen molar-refractivity contribution in [2.45, 2.75) is 43.7 Å². The van der Waals surface area contributed by atoms with E-state index in [1.807, 2.05) is 14.0 Å². The van der Waals surface area contributed by atoms with Gasteiger partial charge in [0.15, 0.2) is 0 Å². The van der Waals surface area contributed by atoms with Crippen LogP contribution in [0, 0.1) is 12.7 Å². The van der Waals surface area contributed by atoms with Gasteiger partial charge in [0.2, 0.25) is 10.0 Å². The number of hydrogen-bond donors (Lipinski definition) is 2. The van der Waals surface area contributed by atoms with Gasteiger partial charge in [-0.2, -0.15) is 0 Å². The Labute approximate surface area is 125 Å². The van der Waals surface area contributed by atoms with Gasteiger partial charge in [0, 0.05) is 18.6 Å². The number of nitrogens with one attached hydrogen (secondary N) is 1. The van der Waals surface area contributed by atoms with Crippen molar-refractivity contribution in [1.82, 2.24) is 9.62 Å². The Bertz CT molecular complexity index is 606. The number of nitrogens with two attached hydrogens (primary N) is 1. The number of anilines is 1. The van der Waals surface area contributed by atoms with Gasteiger partial charge in [0.05, 0.1) is 10.6 Å². The van der Waals surface area contributed by atoms with Crippen LogP contribution in [0.5, 0.6) is 0 Å². The van der Waals surface area contributed by atoms with Crippen molar-refractivity contribution >= 4 is 15.7 Å². The molecule has 0 heterocycles. The lowest BCUT2D eigenvalue weighted by Gasteiger charge is -2.24. The molecular formula is C14H22FN3O2S. The Morgan fingerprint density at radius 2 is 2.10 bits per heavy atom. The number of likely N-dealkylation sites (N-methyl/N-ethyl adjacent to an activating group) is 1. The molecule has 1 saturated carbocycles. The van der Waals surface area contributed by atoms with E-state index in [0.29, 0.717) is 12.6 Å². The van der Waals surface area contributed by atoms with E-state index in [1.54, 1.807) is 0 Å². The monoisotopic (exact) mass is 315 g/mol. The minimum atomic E-state index is -3.68. The topological polar surface area (TPSA) is 75.4 Å². The molecule has 1 aromatic carbocycles. The second kappa shape index (κ2) is 5.90. The van der Waals surface area contributed by atoms with Crippen LogP contribution in [0.3, 0.4) is 0 Å². The van der Waals surface area contributed by atoms with Crippen LogP contribution in [0.15, 0.2) is 17.0 Å². The molecule has 0 saturated heterocycles. The Morgan fingerprint density at radius 1 is 1.48 bits per heavy atom. The van der Waals surface area contributed by atoms with Gasteiger partial charge < -0.3 is 5.73 Å². The van der Waals surface area contributed by atoms with Gasteiger partial charge in [-0.05, 0) is 51.4 Å². The number of aryl methyl sites for hydroxylation is 1. The summed E-state index contributed by atoms with van der Waals surface area (Å²) in [5.74, 6) is -0.573. The summed E-state index contributed by atoms with van der Waals surface area (Å²) in [7, 11) is -1.68. The molecule has 0 aliphatic heterocycles. The Kier molecular flexibility index (Phi) is 4.55. The Hall–Kier alpha value is -1.18. The molecule has 0 amide bonds. The summed E-state index contributed by atoms with van der Waals surface area (Å²) in [6.07, 6.45) is 2.34. The van der Waals surface area contributed by atoms with Crippen molar-refractivity contribution in [3.63, 3.8) is 0 Å². The molecule has 0 aromatic heterocycles. The number of sulfonamides is 1. The molecule has 0 bridgehead atoms. The largest absolute Gasteiger partial charge is 0.396 e. The van der Waals surface area contributed by atoms with Crippen LogP contribution in [0.4, 0.5) is 10.1 Å². The average molecular weight is 315 g/mol. The fourth-order valence-corrected chi connectivity index (χ4v) is 3.46. The highest BCUT2D eigenvalue weighted by molar-refractivity contribution is 7.89. The first-order chi connectivity index (χ1) is 9.72. The first kappa shape index (κ1) is 16.2.